The number of esters is 1. The van der Waals surface area contributed by atoms with Crippen molar-refractivity contribution in [1.82, 2.24) is 4.90 Å². The minimum absolute atomic E-state index is 0.118. The van der Waals surface area contributed by atoms with Crippen LogP contribution in [0, 0.1) is 10.1 Å². The van der Waals surface area contributed by atoms with Crippen molar-refractivity contribution in [1.29, 1.82) is 0 Å². The molecule has 1 aliphatic rings. The Labute approximate surface area is 190 Å². The summed E-state index contributed by atoms with van der Waals surface area (Å²) in [5, 5.41) is 12.0. The van der Waals surface area contributed by atoms with Crippen LogP contribution in [0.4, 0.5) is 10.5 Å². The van der Waals surface area contributed by atoms with Crippen molar-refractivity contribution in [3.63, 3.8) is 0 Å². The molecular weight excluding hydrogens is 467 g/mol. The third-order valence-electron chi connectivity index (χ3n) is 4.56. The van der Waals surface area contributed by atoms with E-state index in [1.165, 1.54) is 11.0 Å². The molecule has 0 bridgehead atoms. The maximum atomic E-state index is 12.9. The predicted octanol–water partition coefficient (Wildman–Crippen LogP) is 3.84. The van der Waals surface area contributed by atoms with Crippen molar-refractivity contribution < 1.29 is 24.0 Å². The molecule has 1 fully saturated rings. The molecule has 0 N–H and O–H groups in total. The van der Waals surface area contributed by atoms with Gasteiger partial charge >= 0.3 is 190 Å². The summed E-state index contributed by atoms with van der Waals surface area (Å²) in [7, 11) is 0. The van der Waals surface area contributed by atoms with Crippen molar-refractivity contribution in [2.24, 2.45) is 0 Å². The molecule has 172 valence electrons. The zero-order valence-corrected chi connectivity index (χ0v) is 20.8. The van der Waals surface area contributed by atoms with Gasteiger partial charge in [0, 0.05) is 0 Å². The minimum atomic E-state index is -0.683. The number of rotatable bonds is 6. The van der Waals surface area contributed by atoms with Crippen LogP contribution in [0.15, 0.2) is 24.3 Å². The first-order valence-electron chi connectivity index (χ1n) is 10.4. The van der Waals surface area contributed by atoms with Crippen LogP contribution in [0.3, 0.4) is 0 Å². The average Bonchev–Trinajstić information content (AvgIpc) is 3.03. The SMILES string of the molecule is CC(C)(C)OC(=O)[C@@H]1CCC(CC[Se]c2ccccc2[N+](=O)[O-])N1C(=O)OC(C)(C)C. The van der Waals surface area contributed by atoms with E-state index >= 15 is 0 Å². The second-order valence-electron chi connectivity index (χ2n) is 9.53. The van der Waals surface area contributed by atoms with Crippen LogP contribution >= 0.6 is 0 Å². The zero-order valence-electron chi connectivity index (χ0n) is 19.0. The molecule has 0 aliphatic carbocycles. The Morgan fingerprint density at radius 1 is 1.10 bits per heavy atom. The summed E-state index contributed by atoms with van der Waals surface area (Å²) in [6.45, 7) is 10.8. The molecular formula is C22H32N2O6Se. The van der Waals surface area contributed by atoms with E-state index < -0.39 is 29.3 Å². The fourth-order valence-electron chi connectivity index (χ4n) is 3.39. The normalized spacial score (nSPS) is 19.2. The number of benzene rings is 1. The molecule has 1 saturated heterocycles. The number of hydrogen-bond donors (Lipinski definition) is 0. The summed E-state index contributed by atoms with van der Waals surface area (Å²) in [6, 6.07) is 5.89. The van der Waals surface area contributed by atoms with E-state index in [1.807, 2.05) is 0 Å². The molecule has 0 saturated carbocycles. The predicted molar refractivity (Wildman–Crippen MR) is 119 cm³/mol. The van der Waals surface area contributed by atoms with Gasteiger partial charge in [0.1, 0.15) is 0 Å². The third kappa shape index (κ3) is 7.51. The molecule has 1 amide bonds. The monoisotopic (exact) mass is 500 g/mol. The fourth-order valence-corrected chi connectivity index (χ4v) is 5.65. The molecule has 1 aliphatic heterocycles. The van der Waals surface area contributed by atoms with E-state index in [4.69, 9.17) is 9.47 Å². The van der Waals surface area contributed by atoms with Crippen molar-refractivity contribution in [3.05, 3.63) is 34.4 Å². The number of ether oxygens (including phenoxy) is 2. The van der Waals surface area contributed by atoms with Gasteiger partial charge in [-0.2, -0.15) is 0 Å². The number of hydrogen-bond acceptors (Lipinski definition) is 6. The van der Waals surface area contributed by atoms with Crippen LogP contribution in [0.2, 0.25) is 5.32 Å². The summed E-state index contributed by atoms with van der Waals surface area (Å²) in [4.78, 5) is 38.1. The van der Waals surface area contributed by atoms with Gasteiger partial charge < -0.3 is 0 Å². The number of amides is 1. The zero-order chi connectivity index (χ0) is 23.4. The number of para-hydroxylation sites is 1. The van der Waals surface area contributed by atoms with Crippen LogP contribution in [0.1, 0.15) is 60.8 Å². The number of carbonyl (C=O) groups is 2. The first kappa shape index (κ1) is 25.1. The summed E-state index contributed by atoms with van der Waals surface area (Å²) >= 11 is -0.118. The Morgan fingerprint density at radius 2 is 1.71 bits per heavy atom. The van der Waals surface area contributed by atoms with E-state index in [9.17, 15) is 19.7 Å². The van der Waals surface area contributed by atoms with Gasteiger partial charge in [-0.05, 0) is 0 Å². The van der Waals surface area contributed by atoms with Gasteiger partial charge in [-0.25, -0.2) is 0 Å². The van der Waals surface area contributed by atoms with Crippen LogP contribution in [0.25, 0.3) is 0 Å². The van der Waals surface area contributed by atoms with Crippen LogP contribution in [0.5, 0.6) is 0 Å². The fraction of sp³-hybridized carbons (Fsp3) is 0.636. The number of likely N-dealkylation sites (tertiary alicyclic amines) is 1. The van der Waals surface area contributed by atoms with E-state index in [-0.39, 0.29) is 31.6 Å². The topological polar surface area (TPSA) is 99.0 Å². The molecule has 1 heterocycles. The van der Waals surface area contributed by atoms with Crippen molar-refractivity contribution in [2.75, 3.05) is 0 Å². The Bertz CT molecular complexity index is 815. The second-order valence-corrected chi connectivity index (χ2v) is 11.9. The number of nitrogens with zero attached hydrogens (tertiary/aromatic N) is 2. The van der Waals surface area contributed by atoms with E-state index in [2.05, 4.69) is 0 Å². The van der Waals surface area contributed by atoms with Gasteiger partial charge in [0.15, 0.2) is 0 Å². The summed E-state index contributed by atoms with van der Waals surface area (Å²) in [6.07, 6.45) is 1.29. The number of nitro groups is 1. The second kappa shape index (κ2) is 10.0. The molecule has 2 atom stereocenters. The molecule has 1 aromatic rings. The summed E-state index contributed by atoms with van der Waals surface area (Å²) in [5.41, 5.74) is -1.20. The van der Waals surface area contributed by atoms with Crippen molar-refractivity contribution >= 4 is 37.2 Å². The van der Waals surface area contributed by atoms with Crippen LogP contribution in [-0.4, -0.2) is 60.1 Å². The first-order chi connectivity index (χ1) is 14.3. The van der Waals surface area contributed by atoms with Gasteiger partial charge in [0.05, 0.1) is 0 Å². The molecule has 0 aromatic heterocycles. The van der Waals surface area contributed by atoms with E-state index in [1.54, 1.807) is 59.7 Å². The molecule has 31 heavy (non-hydrogen) atoms. The molecule has 9 heteroatoms. The maximum absolute atomic E-state index is 12.9. The van der Waals surface area contributed by atoms with Gasteiger partial charge in [-0.1, -0.05) is 0 Å². The molecule has 2 rings (SSSR count). The number of nitro benzene ring substituents is 1. The van der Waals surface area contributed by atoms with Gasteiger partial charge in [-0.15, -0.1) is 0 Å². The average molecular weight is 499 g/mol. The Morgan fingerprint density at radius 3 is 2.29 bits per heavy atom. The van der Waals surface area contributed by atoms with E-state index in [0.29, 0.717) is 24.6 Å². The standard InChI is InChI=1S/C22H32N2O6Se/c1-21(2,3)29-19(25)17-12-11-15(23(17)20(26)30-22(4,5)6)13-14-31-18-10-8-7-9-16(18)24(27)28/h7-10,15,17H,11-14H2,1-6H3/t15?,17-/m0/s1. The van der Waals surface area contributed by atoms with Gasteiger partial charge in [-0.3, -0.25) is 0 Å². The Balaban J connectivity index is 2.12. The van der Waals surface area contributed by atoms with Crippen molar-refractivity contribution in [3.8, 4) is 0 Å². The Kier molecular flexibility index (Phi) is 8.11. The van der Waals surface area contributed by atoms with Crippen LogP contribution < -0.4 is 4.46 Å². The van der Waals surface area contributed by atoms with E-state index in [0.717, 1.165) is 4.46 Å². The van der Waals surface area contributed by atoms with Crippen molar-refractivity contribution in [2.45, 2.75) is 89.4 Å². The third-order valence-corrected chi connectivity index (χ3v) is 6.86. The summed E-state index contributed by atoms with van der Waals surface area (Å²) < 4.78 is 11.8. The van der Waals surface area contributed by atoms with Gasteiger partial charge in [0.2, 0.25) is 0 Å². The molecule has 0 spiro atoms. The summed E-state index contributed by atoms with van der Waals surface area (Å²) in [5.74, 6) is -0.426. The molecule has 8 nitrogen and oxygen atoms in total. The molecule has 1 unspecified atom stereocenters. The quantitative estimate of drug-likeness (QED) is 0.255. The first-order valence-corrected chi connectivity index (χ1v) is 12.5. The van der Waals surface area contributed by atoms with Gasteiger partial charge in [0.25, 0.3) is 0 Å². The Hall–Kier alpha value is -2.12. The number of carbonyl (C=O) groups excluding carboxylic acids is 2. The molecule has 0 radical (unpaired) electrons. The molecule has 1 aromatic carbocycles. The van der Waals surface area contributed by atoms with Crippen LogP contribution in [-0.2, 0) is 14.3 Å².